The van der Waals surface area contributed by atoms with Crippen molar-refractivity contribution in [1.29, 1.82) is 0 Å². The number of carbonyl (C=O) groups is 1. The minimum atomic E-state index is -0.112. The summed E-state index contributed by atoms with van der Waals surface area (Å²) in [6, 6.07) is 16.7. The van der Waals surface area contributed by atoms with E-state index in [1.54, 1.807) is 12.1 Å². The Morgan fingerprint density at radius 3 is 2.23 bits per heavy atom. The minimum Gasteiger partial charge on any atom is -0.494 e. The van der Waals surface area contributed by atoms with E-state index in [2.05, 4.69) is 12.2 Å². The van der Waals surface area contributed by atoms with E-state index < -0.39 is 0 Å². The first-order valence-electron chi connectivity index (χ1n) is 7.48. The summed E-state index contributed by atoms with van der Waals surface area (Å²) in [6.45, 7) is 3.64. The van der Waals surface area contributed by atoms with Gasteiger partial charge in [-0.1, -0.05) is 25.1 Å². The van der Waals surface area contributed by atoms with Crippen molar-refractivity contribution < 1.29 is 14.3 Å². The molecule has 0 bridgehead atoms. The molecule has 0 aliphatic carbocycles. The summed E-state index contributed by atoms with van der Waals surface area (Å²) in [7, 11) is 0. The van der Waals surface area contributed by atoms with Gasteiger partial charge in [-0.05, 0) is 42.8 Å². The largest absolute Gasteiger partial charge is 0.494 e. The lowest BCUT2D eigenvalue weighted by Crippen LogP contribution is -2.28. The predicted molar refractivity (Wildman–Crippen MR) is 86.5 cm³/mol. The van der Waals surface area contributed by atoms with Gasteiger partial charge in [-0.25, -0.2) is 0 Å². The molecule has 2 rings (SSSR count). The molecule has 0 aromatic heterocycles. The number of para-hydroxylation sites is 1. The van der Waals surface area contributed by atoms with Crippen LogP contribution >= 0.6 is 0 Å². The second-order valence-corrected chi connectivity index (χ2v) is 4.79. The maximum atomic E-state index is 12.0. The zero-order valence-corrected chi connectivity index (χ0v) is 12.7. The first-order valence-corrected chi connectivity index (χ1v) is 7.48. The molecule has 0 spiro atoms. The Balaban J connectivity index is 1.72. The van der Waals surface area contributed by atoms with Gasteiger partial charge in [-0.3, -0.25) is 4.79 Å². The molecule has 0 unspecified atom stereocenters. The van der Waals surface area contributed by atoms with E-state index in [9.17, 15) is 4.79 Å². The van der Waals surface area contributed by atoms with Crippen molar-refractivity contribution in [2.45, 2.75) is 13.3 Å². The zero-order valence-electron chi connectivity index (χ0n) is 12.7. The SMILES string of the molecule is CCCOc1ccc(C(=O)NCCOc2ccccc2)cc1. The quantitative estimate of drug-likeness (QED) is 0.761. The molecule has 0 aliphatic rings. The molecule has 0 heterocycles. The molecule has 0 saturated carbocycles. The number of benzene rings is 2. The van der Waals surface area contributed by atoms with E-state index in [-0.39, 0.29) is 5.91 Å². The molecule has 1 N–H and O–H groups in total. The molecule has 2 aromatic carbocycles. The average molecular weight is 299 g/mol. The summed E-state index contributed by atoms with van der Waals surface area (Å²) < 4.78 is 11.0. The molecular formula is C18H21NO3. The Kier molecular flexibility index (Phi) is 6.30. The Morgan fingerprint density at radius 1 is 0.909 bits per heavy atom. The van der Waals surface area contributed by atoms with Crippen LogP contribution in [0.2, 0.25) is 0 Å². The fraction of sp³-hybridized carbons (Fsp3) is 0.278. The van der Waals surface area contributed by atoms with Gasteiger partial charge in [-0.15, -0.1) is 0 Å². The van der Waals surface area contributed by atoms with Crippen LogP contribution < -0.4 is 14.8 Å². The normalized spacial score (nSPS) is 10.0. The summed E-state index contributed by atoms with van der Waals surface area (Å²) in [4.78, 5) is 12.0. The van der Waals surface area contributed by atoms with Gasteiger partial charge >= 0.3 is 0 Å². The lowest BCUT2D eigenvalue weighted by Gasteiger charge is -2.08. The maximum absolute atomic E-state index is 12.0. The van der Waals surface area contributed by atoms with Crippen molar-refractivity contribution in [2.75, 3.05) is 19.8 Å². The summed E-state index contributed by atoms with van der Waals surface area (Å²) in [5.41, 5.74) is 0.614. The lowest BCUT2D eigenvalue weighted by molar-refractivity contribution is 0.0947. The summed E-state index contributed by atoms with van der Waals surface area (Å²) in [5.74, 6) is 1.47. The van der Waals surface area contributed by atoms with E-state index in [0.29, 0.717) is 25.3 Å². The Morgan fingerprint density at radius 2 is 1.55 bits per heavy atom. The fourth-order valence-corrected chi connectivity index (χ4v) is 1.87. The van der Waals surface area contributed by atoms with Gasteiger partial charge in [0.15, 0.2) is 0 Å². The van der Waals surface area contributed by atoms with Gasteiger partial charge in [-0.2, -0.15) is 0 Å². The highest BCUT2D eigenvalue weighted by Crippen LogP contribution is 2.12. The molecule has 0 saturated heterocycles. The second-order valence-electron chi connectivity index (χ2n) is 4.79. The monoisotopic (exact) mass is 299 g/mol. The van der Waals surface area contributed by atoms with Crippen LogP contribution in [0.3, 0.4) is 0 Å². The first-order chi connectivity index (χ1) is 10.8. The van der Waals surface area contributed by atoms with Crippen LogP contribution in [0.25, 0.3) is 0 Å². The number of hydrogen-bond donors (Lipinski definition) is 1. The number of ether oxygens (including phenoxy) is 2. The molecule has 0 aliphatic heterocycles. The van der Waals surface area contributed by atoms with Gasteiger partial charge in [0, 0.05) is 5.56 Å². The Bertz CT molecular complexity index is 567. The van der Waals surface area contributed by atoms with Gasteiger partial charge in [0.25, 0.3) is 5.91 Å². The van der Waals surface area contributed by atoms with Crippen LogP contribution in [0.1, 0.15) is 23.7 Å². The highest BCUT2D eigenvalue weighted by molar-refractivity contribution is 5.94. The van der Waals surface area contributed by atoms with E-state index in [4.69, 9.17) is 9.47 Å². The first kappa shape index (κ1) is 15.9. The second kappa shape index (κ2) is 8.72. The molecule has 4 heteroatoms. The molecule has 4 nitrogen and oxygen atoms in total. The topological polar surface area (TPSA) is 47.6 Å². The number of rotatable bonds is 8. The fourth-order valence-electron chi connectivity index (χ4n) is 1.87. The van der Waals surface area contributed by atoms with Crippen molar-refractivity contribution in [1.82, 2.24) is 5.32 Å². The minimum absolute atomic E-state index is 0.112. The Hall–Kier alpha value is -2.49. The van der Waals surface area contributed by atoms with Gasteiger partial charge in [0.05, 0.1) is 13.2 Å². The van der Waals surface area contributed by atoms with Crippen LogP contribution in [-0.4, -0.2) is 25.7 Å². The summed E-state index contributed by atoms with van der Waals surface area (Å²) in [5, 5.41) is 2.83. The molecule has 0 atom stereocenters. The van der Waals surface area contributed by atoms with Gasteiger partial charge in [0.2, 0.25) is 0 Å². The third kappa shape index (κ3) is 5.13. The van der Waals surface area contributed by atoms with Crippen LogP contribution in [-0.2, 0) is 0 Å². The van der Waals surface area contributed by atoms with Crippen molar-refractivity contribution in [3.05, 3.63) is 60.2 Å². The van der Waals surface area contributed by atoms with E-state index in [0.717, 1.165) is 17.9 Å². The van der Waals surface area contributed by atoms with E-state index >= 15 is 0 Å². The van der Waals surface area contributed by atoms with Crippen molar-refractivity contribution >= 4 is 5.91 Å². The number of carbonyl (C=O) groups excluding carboxylic acids is 1. The molecule has 1 amide bonds. The molecule has 116 valence electrons. The predicted octanol–water partition coefficient (Wildman–Crippen LogP) is 3.28. The van der Waals surface area contributed by atoms with Gasteiger partial charge < -0.3 is 14.8 Å². The third-order valence-corrected chi connectivity index (χ3v) is 2.99. The molecular weight excluding hydrogens is 278 g/mol. The van der Waals surface area contributed by atoms with E-state index in [1.165, 1.54) is 0 Å². The van der Waals surface area contributed by atoms with Crippen LogP contribution in [0.15, 0.2) is 54.6 Å². The van der Waals surface area contributed by atoms with Crippen LogP contribution in [0, 0.1) is 0 Å². The molecule has 22 heavy (non-hydrogen) atoms. The summed E-state index contributed by atoms with van der Waals surface area (Å²) >= 11 is 0. The standard InChI is InChI=1S/C18H21NO3/c1-2-13-21-17-10-8-15(9-11-17)18(20)19-12-14-22-16-6-4-3-5-7-16/h3-11H,2,12-14H2,1H3,(H,19,20). The van der Waals surface area contributed by atoms with Crippen molar-refractivity contribution in [3.8, 4) is 11.5 Å². The number of nitrogens with one attached hydrogen (secondary N) is 1. The van der Waals surface area contributed by atoms with Crippen molar-refractivity contribution in [2.24, 2.45) is 0 Å². The van der Waals surface area contributed by atoms with Crippen molar-refractivity contribution in [3.63, 3.8) is 0 Å². The molecule has 2 aromatic rings. The summed E-state index contributed by atoms with van der Waals surface area (Å²) in [6.07, 6.45) is 0.962. The highest BCUT2D eigenvalue weighted by atomic mass is 16.5. The van der Waals surface area contributed by atoms with Gasteiger partial charge in [0.1, 0.15) is 18.1 Å². The van der Waals surface area contributed by atoms with Crippen LogP contribution in [0.5, 0.6) is 11.5 Å². The van der Waals surface area contributed by atoms with E-state index in [1.807, 2.05) is 42.5 Å². The third-order valence-electron chi connectivity index (χ3n) is 2.99. The molecule has 0 radical (unpaired) electrons. The number of hydrogen-bond acceptors (Lipinski definition) is 3. The average Bonchev–Trinajstić information content (AvgIpc) is 2.58. The highest BCUT2D eigenvalue weighted by Gasteiger charge is 2.05. The number of amides is 1. The Labute approximate surface area is 131 Å². The van der Waals surface area contributed by atoms with Crippen LogP contribution in [0.4, 0.5) is 0 Å². The molecule has 0 fully saturated rings. The lowest BCUT2D eigenvalue weighted by atomic mass is 10.2. The maximum Gasteiger partial charge on any atom is 0.251 e. The zero-order chi connectivity index (χ0) is 15.6. The smallest absolute Gasteiger partial charge is 0.251 e.